The summed E-state index contributed by atoms with van der Waals surface area (Å²) in [5, 5.41) is 3.95. The summed E-state index contributed by atoms with van der Waals surface area (Å²) in [5.74, 6) is 0.925. The molecular formula is C13H9BrN4O. The van der Waals surface area contributed by atoms with E-state index in [9.17, 15) is 0 Å². The van der Waals surface area contributed by atoms with Gasteiger partial charge < -0.3 is 10.3 Å². The second-order valence-corrected chi connectivity index (χ2v) is 4.86. The first-order valence-electron chi connectivity index (χ1n) is 5.53. The number of rotatable bonds is 2. The zero-order valence-corrected chi connectivity index (χ0v) is 11.3. The van der Waals surface area contributed by atoms with Crippen LogP contribution in [-0.2, 0) is 0 Å². The highest BCUT2D eigenvalue weighted by molar-refractivity contribution is 9.10. The Hall–Kier alpha value is -2.21. The summed E-state index contributed by atoms with van der Waals surface area (Å²) in [4.78, 5) is 8.40. The molecule has 19 heavy (non-hydrogen) atoms. The molecule has 0 bridgehead atoms. The van der Waals surface area contributed by atoms with Gasteiger partial charge in [-0.2, -0.15) is 4.98 Å². The summed E-state index contributed by atoms with van der Waals surface area (Å²) in [6.45, 7) is 0. The fraction of sp³-hybridized carbons (Fsp3) is 0. The third-order valence-electron chi connectivity index (χ3n) is 2.52. The molecule has 0 saturated heterocycles. The van der Waals surface area contributed by atoms with E-state index in [0.29, 0.717) is 17.4 Å². The van der Waals surface area contributed by atoms with Crippen molar-refractivity contribution in [3.63, 3.8) is 0 Å². The van der Waals surface area contributed by atoms with E-state index in [4.69, 9.17) is 10.3 Å². The van der Waals surface area contributed by atoms with E-state index in [2.05, 4.69) is 31.1 Å². The maximum Gasteiger partial charge on any atom is 0.259 e. The number of nitrogen functional groups attached to an aromatic ring is 1. The fourth-order valence-corrected chi connectivity index (χ4v) is 2.03. The van der Waals surface area contributed by atoms with Crippen LogP contribution in [0.1, 0.15) is 0 Å². The van der Waals surface area contributed by atoms with Gasteiger partial charge in [-0.15, -0.1) is 0 Å². The Labute approximate surface area is 117 Å². The van der Waals surface area contributed by atoms with Crippen LogP contribution in [-0.4, -0.2) is 15.1 Å². The Balaban J connectivity index is 2.00. The van der Waals surface area contributed by atoms with Crippen molar-refractivity contribution in [3.8, 4) is 22.8 Å². The third-order valence-corrected chi connectivity index (χ3v) is 2.96. The Morgan fingerprint density at radius 1 is 1.11 bits per heavy atom. The van der Waals surface area contributed by atoms with Crippen molar-refractivity contribution in [1.82, 2.24) is 15.1 Å². The molecule has 2 aromatic heterocycles. The zero-order valence-electron chi connectivity index (χ0n) is 9.75. The molecule has 6 heteroatoms. The lowest BCUT2D eigenvalue weighted by Crippen LogP contribution is -1.86. The van der Waals surface area contributed by atoms with E-state index in [1.807, 2.05) is 24.3 Å². The zero-order chi connectivity index (χ0) is 13.2. The van der Waals surface area contributed by atoms with Crippen LogP contribution in [0.3, 0.4) is 0 Å². The lowest BCUT2D eigenvalue weighted by atomic mass is 10.2. The molecule has 0 spiro atoms. The Morgan fingerprint density at radius 2 is 2.00 bits per heavy atom. The number of nitrogens with two attached hydrogens (primary N) is 1. The molecule has 0 radical (unpaired) electrons. The van der Waals surface area contributed by atoms with Crippen molar-refractivity contribution in [1.29, 1.82) is 0 Å². The second-order valence-electron chi connectivity index (χ2n) is 3.94. The van der Waals surface area contributed by atoms with E-state index in [1.165, 1.54) is 0 Å². The maximum atomic E-state index is 5.73. The van der Waals surface area contributed by atoms with Crippen molar-refractivity contribution in [3.05, 3.63) is 47.2 Å². The standard InChI is InChI=1S/C13H9BrN4O/c14-10-4-9(6-16-7-10)13-17-12(18-19-13)8-2-1-3-11(15)5-8/h1-7H,15H2. The van der Waals surface area contributed by atoms with E-state index < -0.39 is 0 Å². The van der Waals surface area contributed by atoms with Gasteiger partial charge in [0.05, 0.1) is 5.56 Å². The molecule has 0 amide bonds. The smallest absolute Gasteiger partial charge is 0.259 e. The highest BCUT2D eigenvalue weighted by Gasteiger charge is 2.11. The molecule has 1 aromatic carbocycles. The van der Waals surface area contributed by atoms with Gasteiger partial charge in [0.1, 0.15) is 0 Å². The average Bonchev–Trinajstić information content (AvgIpc) is 2.88. The highest BCUT2D eigenvalue weighted by atomic mass is 79.9. The molecule has 0 fully saturated rings. The van der Waals surface area contributed by atoms with Crippen LogP contribution in [0.2, 0.25) is 0 Å². The van der Waals surface area contributed by atoms with E-state index in [1.54, 1.807) is 18.5 Å². The minimum atomic E-state index is 0.422. The predicted octanol–water partition coefficient (Wildman–Crippen LogP) is 3.14. The first-order valence-corrected chi connectivity index (χ1v) is 6.32. The fourth-order valence-electron chi connectivity index (χ4n) is 1.66. The van der Waals surface area contributed by atoms with Gasteiger partial charge >= 0.3 is 0 Å². The van der Waals surface area contributed by atoms with Gasteiger partial charge in [-0.3, -0.25) is 4.98 Å². The molecule has 0 aliphatic carbocycles. The van der Waals surface area contributed by atoms with E-state index in [-0.39, 0.29) is 0 Å². The molecule has 5 nitrogen and oxygen atoms in total. The summed E-state index contributed by atoms with van der Waals surface area (Å²) in [5.41, 5.74) is 7.97. The molecule has 0 atom stereocenters. The van der Waals surface area contributed by atoms with Crippen LogP contribution in [0.25, 0.3) is 22.8 Å². The van der Waals surface area contributed by atoms with Gasteiger partial charge in [0.15, 0.2) is 0 Å². The van der Waals surface area contributed by atoms with Crippen molar-refractivity contribution in [2.75, 3.05) is 5.73 Å². The number of benzene rings is 1. The molecule has 0 aliphatic heterocycles. The summed E-state index contributed by atoms with van der Waals surface area (Å²) < 4.78 is 6.09. The second kappa shape index (κ2) is 4.81. The molecule has 0 aliphatic rings. The largest absolute Gasteiger partial charge is 0.399 e. The number of nitrogens with zero attached hydrogens (tertiary/aromatic N) is 3. The number of anilines is 1. The minimum Gasteiger partial charge on any atom is -0.399 e. The quantitative estimate of drug-likeness (QED) is 0.735. The van der Waals surface area contributed by atoms with E-state index in [0.717, 1.165) is 15.6 Å². The van der Waals surface area contributed by atoms with Gasteiger partial charge in [0.25, 0.3) is 5.89 Å². The minimum absolute atomic E-state index is 0.422. The SMILES string of the molecule is Nc1cccc(-c2noc(-c3cncc(Br)c3)n2)c1. The monoisotopic (exact) mass is 316 g/mol. The van der Waals surface area contributed by atoms with Gasteiger partial charge in [0, 0.05) is 28.1 Å². The summed E-state index contributed by atoms with van der Waals surface area (Å²) >= 11 is 3.35. The van der Waals surface area contributed by atoms with Crippen LogP contribution in [0.5, 0.6) is 0 Å². The van der Waals surface area contributed by atoms with Crippen LogP contribution in [0, 0.1) is 0 Å². The Kier molecular flexibility index (Phi) is 3.00. The summed E-state index contributed by atoms with van der Waals surface area (Å²) in [6.07, 6.45) is 3.36. The molecule has 2 N–H and O–H groups in total. The van der Waals surface area contributed by atoms with Gasteiger partial charge in [-0.1, -0.05) is 17.3 Å². The van der Waals surface area contributed by atoms with Crippen molar-refractivity contribution in [2.24, 2.45) is 0 Å². The molecule has 3 rings (SSSR count). The average molecular weight is 317 g/mol. The number of hydrogen-bond acceptors (Lipinski definition) is 5. The van der Waals surface area contributed by atoms with Crippen LogP contribution < -0.4 is 5.73 Å². The highest BCUT2D eigenvalue weighted by Crippen LogP contribution is 2.24. The van der Waals surface area contributed by atoms with Crippen molar-refractivity contribution < 1.29 is 4.52 Å². The molecule has 0 unspecified atom stereocenters. The normalized spacial score (nSPS) is 10.6. The van der Waals surface area contributed by atoms with Gasteiger partial charge in [0.2, 0.25) is 5.82 Å². The van der Waals surface area contributed by atoms with Crippen LogP contribution >= 0.6 is 15.9 Å². The number of aromatic nitrogens is 3. The summed E-state index contributed by atoms with van der Waals surface area (Å²) in [6, 6.07) is 9.20. The molecule has 2 heterocycles. The topological polar surface area (TPSA) is 77.8 Å². The van der Waals surface area contributed by atoms with Crippen molar-refractivity contribution >= 4 is 21.6 Å². The summed E-state index contributed by atoms with van der Waals surface area (Å²) in [7, 11) is 0. The van der Waals surface area contributed by atoms with E-state index >= 15 is 0 Å². The first kappa shape index (κ1) is 11.9. The predicted molar refractivity (Wildman–Crippen MR) is 75.1 cm³/mol. The lowest BCUT2D eigenvalue weighted by Gasteiger charge is -1.95. The molecule has 0 saturated carbocycles. The van der Waals surface area contributed by atoms with Crippen LogP contribution in [0.15, 0.2) is 51.7 Å². The van der Waals surface area contributed by atoms with Crippen LogP contribution in [0.4, 0.5) is 5.69 Å². The molecule has 94 valence electrons. The van der Waals surface area contributed by atoms with Gasteiger partial charge in [-0.05, 0) is 34.1 Å². The Bertz CT molecular complexity index is 666. The molecule has 3 aromatic rings. The molecular weight excluding hydrogens is 308 g/mol. The number of pyridine rings is 1. The van der Waals surface area contributed by atoms with Crippen molar-refractivity contribution in [2.45, 2.75) is 0 Å². The number of halogens is 1. The lowest BCUT2D eigenvalue weighted by molar-refractivity contribution is 0.432. The third kappa shape index (κ3) is 2.48. The number of hydrogen-bond donors (Lipinski definition) is 1. The maximum absolute atomic E-state index is 5.73. The Morgan fingerprint density at radius 3 is 2.79 bits per heavy atom. The van der Waals surface area contributed by atoms with Gasteiger partial charge in [-0.25, -0.2) is 0 Å². The first-order chi connectivity index (χ1) is 9.22.